The van der Waals surface area contributed by atoms with Gasteiger partial charge in [0.1, 0.15) is 4.21 Å². The SMILES string of the molecule is C[C@H]1C[C@@H](NS(=O)(=O)c2cccs2)CC(C)(C)C1. The molecule has 0 saturated heterocycles. The van der Waals surface area contributed by atoms with Gasteiger partial charge in [0.25, 0.3) is 0 Å². The van der Waals surface area contributed by atoms with Gasteiger partial charge in [0.05, 0.1) is 0 Å². The molecule has 2 rings (SSSR count). The Bertz CT molecular complexity index is 491. The quantitative estimate of drug-likeness (QED) is 0.927. The molecule has 0 amide bonds. The van der Waals surface area contributed by atoms with Crippen molar-refractivity contribution in [3.63, 3.8) is 0 Å². The lowest BCUT2D eigenvalue weighted by molar-refractivity contribution is 0.163. The van der Waals surface area contributed by atoms with Gasteiger partial charge in [0, 0.05) is 6.04 Å². The second-order valence-corrected chi connectivity index (χ2v) is 9.05. The second kappa shape index (κ2) is 4.94. The molecule has 0 spiro atoms. The van der Waals surface area contributed by atoms with E-state index in [2.05, 4.69) is 25.5 Å². The highest BCUT2D eigenvalue weighted by molar-refractivity contribution is 7.91. The van der Waals surface area contributed by atoms with Crippen molar-refractivity contribution < 1.29 is 8.42 Å². The van der Waals surface area contributed by atoms with Crippen molar-refractivity contribution in [1.82, 2.24) is 4.72 Å². The Labute approximate surface area is 114 Å². The largest absolute Gasteiger partial charge is 0.250 e. The maximum atomic E-state index is 12.2. The third-order valence-corrected chi connectivity index (χ3v) is 6.39. The highest BCUT2D eigenvalue weighted by Crippen LogP contribution is 2.38. The topological polar surface area (TPSA) is 46.2 Å². The Hall–Kier alpha value is -0.390. The van der Waals surface area contributed by atoms with Gasteiger partial charge < -0.3 is 0 Å². The average molecular weight is 287 g/mol. The van der Waals surface area contributed by atoms with Crippen LogP contribution >= 0.6 is 11.3 Å². The van der Waals surface area contributed by atoms with Crippen LogP contribution in [0.1, 0.15) is 40.0 Å². The van der Waals surface area contributed by atoms with Gasteiger partial charge in [-0.2, -0.15) is 0 Å². The summed E-state index contributed by atoms with van der Waals surface area (Å²) in [6.07, 6.45) is 3.03. The molecule has 1 heterocycles. The first-order valence-corrected chi connectivity index (χ1v) is 8.71. The maximum Gasteiger partial charge on any atom is 0.250 e. The molecule has 1 aromatic heterocycles. The van der Waals surface area contributed by atoms with Gasteiger partial charge in [0.2, 0.25) is 10.0 Å². The Morgan fingerprint density at radius 1 is 1.39 bits per heavy atom. The zero-order valence-corrected chi connectivity index (χ0v) is 12.8. The normalized spacial score (nSPS) is 28.2. The van der Waals surface area contributed by atoms with Gasteiger partial charge in [0.15, 0.2) is 0 Å². The first kappa shape index (κ1) is 14.0. The van der Waals surface area contributed by atoms with E-state index in [1.165, 1.54) is 17.8 Å². The van der Waals surface area contributed by atoms with Crippen LogP contribution in [0.5, 0.6) is 0 Å². The number of thiophene rings is 1. The molecule has 1 aliphatic rings. The number of nitrogens with one attached hydrogen (secondary N) is 1. The zero-order valence-electron chi connectivity index (χ0n) is 11.1. The standard InChI is InChI=1S/C13H21NO2S2/c1-10-7-11(9-13(2,3)8-10)14-18(15,16)12-5-4-6-17-12/h4-6,10-11,14H,7-9H2,1-3H3/t10-,11+/m0/s1. The van der Waals surface area contributed by atoms with Crippen molar-refractivity contribution in [3.05, 3.63) is 17.5 Å². The molecule has 0 bridgehead atoms. The van der Waals surface area contributed by atoms with Crippen LogP contribution in [0.15, 0.2) is 21.7 Å². The molecule has 1 aliphatic carbocycles. The lowest BCUT2D eigenvalue weighted by Gasteiger charge is -2.39. The van der Waals surface area contributed by atoms with E-state index in [4.69, 9.17) is 0 Å². The van der Waals surface area contributed by atoms with Gasteiger partial charge in [-0.3, -0.25) is 0 Å². The van der Waals surface area contributed by atoms with E-state index in [0.717, 1.165) is 12.8 Å². The molecular weight excluding hydrogens is 266 g/mol. The molecule has 1 N–H and O–H groups in total. The fraction of sp³-hybridized carbons (Fsp3) is 0.692. The minimum absolute atomic E-state index is 0.0656. The van der Waals surface area contributed by atoms with Crippen molar-refractivity contribution >= 4 is 21.4 Å². The second-order valence-electron chi connectivity index (χ2n) is 6.16. The van der Waals surface area contributed by atoms with Crippen LogP contribution in [0.4, 0.5) is 0 Å². The first-order valence-electron chi connectivity index (χ1n) is 6.34. The Morgan fingerprint density at radius 2 is 2.11 bits per heavy atom. The summed E-state index contributed by atoms with van der Waals surface area (Å²) in [5.41, 5.74) is 0.223. The van der Waals surface area contributed by atoms with Crippen LogP contribution < -0.4 is 4.72 Å². The Kier molecular flexibility index (Phi) is 3.85. The van der Waals surface area contributed by atoms with Crippen molar-refractivity contribution in [1.29, 1.82) is 0 Å². The van der Waals surface area contributed by atoms with E-state index < -0.39 is 10.0 Å². The van der Waals surface area contributed by atoms with E-state index in [9.17, 15) is 8.42 Å². The molecule has 5 heteroatoms. The lowest BCUT2D eigenvalue weighted by Crippen LogP contribution is -2.42. The third-order valence-electron chi connectivity index (χ3n) is 3.47. The molecule has 1 fully saturated rings. The van der Waals surface area contributed by atoms with Crippen LogP contribution in [0.25, 0.3) is 0 Å². The van der Waals surface area contributed by atoms with Crippen LogP contribution in [0.2, 0.25) is 0 Å². The summed E-state index contributed by atoms with van der Waals surface area (Å²) in [6, 6.07) is 3.49. The number of hydrogen-bond donors (Lipinski definition) is 1. The van der Waals surface area contributed by atoms with E-state index in [-0.39, 0.29) is 11.5 Å². The molecule has 18 heavy (non-hydrogen) atoms. The average Bonchev–Trinajstić information content (AvgIpc) is 2.65. The first-order chi connectivity index (χ1) is 8.28. The van der Waals surface area contributed by atoms with Crippen LogP contribution in [0, 0.1) is 11.3 Å². The number of sulfonamides is 1. The summed E-state index contributed by atoms with van der Waals surface area (Å²) < 4.78 is 27.6. The van der Waals surface area contributed by atoms with Crippen LogP contribution in [0.3, 0.4) is 0 Å². The predicted octanol–water partition coefficient (Wildman–Crippen LogP) is 3.24. The predicted molar refractivity (Wildman–Crippen MR) is 75.2 cm³/mol. The van der Waals surface area contributed by atoms with E-state index in [0.29, 0.717) is 10.1 Å². The molecule has 0 aromatic carbocycles. The van der Waals surface area contributed by atoms with Gasteiger partial charge in [-0.25, -0.2) is 13.1 Å². The molecule has 0 radical (unpaired) electrons. The minimum atomic E-state index is -3.32. The summed E-state index contributed by atoms with van der Waals surface area (Å²) in [7, 11) is -3.32. The highest BCUT2D eigenvalue weighted by atomic mass is 32.2. The maximum absolute atomic E-state index is 12.2. The number of hydrogen-bond acceptors (Lipinski definition) is 3. The molecule has 102 valence electrons. The van der Waals surface area contributed by atoms with Crippen molar-refractivity contribution in [2.24, 2.45) is 11.3 Å². The Balaban J connectivity index is 2.10. The molecule has 0 unspecified atom stereocenters. The molecule has 3 nitrogen and oxygen atoms in total. The van der Waals surface area contributed by atoms with E-state index in [1.54, 1.807) is 17.5 Å². The fourth-order valence-corrected chi connectivity index (χ4v) is 5.39. The van der Waals surface area contributed by atoms with Gasteiger partial charge in [-0.15, -0.1) is 11.3 Å². The molecule has 1 aromatic rings. The summed E-state index contributed by atoms with van der Waals surface area (Å²) >= 11 is 1.27. The molecule has 0 aliphatic heterocycles. The summed E-state index contributed by atoms with van der Waals surface area (Å²) in [5.74, 6) is 0.574. The number of rotatable bonds is 3. The highest BCUT2D eigenvalue weighted by Gasteiger charge is 2.34. The van der Waals surface area contributed by atoms with E-state index >= 15 is 0 Å². The Morgan fingerprint density at radius 3 is 2.67 bits per heavy atom. The molecule has 2 atom stereocenters. The third kappa shape index (κ3) is 3.33. The van der Waals surface area contributed by atoms with Crippen LogP contribution in [-0.2, 0) is 10.0 Å². The molecular formula is C13H21NO2S2. The van der Waals surface area contributed by atoms with Crippen molar-refractivity contribution in [2.45, 2.75) is 50.3 Å². The van der Waals surface area contributed by atoms with Crippen molar-refractivity contribution in [2.75, 3.05) is 0 Å². The fourth-order valence-electron chi connectivity index (χ4n) is 3.13. The van der Waals surface area contributed by atoms with Crippen molar-refractivity contribution in [3.8, 4) is 0 Å². The summed E-state index contributed by atoms with van der Waals surface area (Å²) in [6.45, 7) is 6.64. The van der Waals surface area contributed by atoms with Gasteiger partial charge in [-0.05, 0) is 42.0 Å². The van der Waals surface area contributed by atoms with E-state index in [1.807, 2.05) is 0 Å². The van der Waals surface area contributed by atoms with Gasteiger partial charge >= 0.3 is 0 Å². The summed E-state index contributed by atoms with van der Waals surface area (Å²) in [5, 5.41) is 1.79. The minimum Gasteiger partial charge on any atom is -0.207 e. The monoisotopic (exact) mass is 287 g/mol. The molecule has 1 saturated carbocycles. The van der Waals surface area contributed by atoms with Crippen LogP contribution in [-0.4, -0.2) is 14.5 Å². The smallest absolute Gasteiger partial charge is 0.207 e. The lowest BCUT2D eigenvalue weighted by atomic mass is 9.71. The zero-order chi connectivity index (χ0) is 13.4. The van der Waals surface area contributed by atoms with Gasteiger partial charge in [-0.1, -0.05) is 26.8 Å². The summed E-state index contributed by atoms with van der Waals surface area (Å²) in [4.78, 5) is 0.